The van der Waals surface area contributed by atoms with Gasteiger partial charge in [-0.3, -0.25) is 0 Å². The molecule has 0 saturated carbocycles. The maximum atomic E-state index is 5.69. The van der Waals surface area contributed by atoms with Crippen LogP contribution in [0.1, 0.15) is 52.9 Å². The molecule has 0 radical (unpaired) electrons. The molecular formula is C12H26O2. The normalized spacial score (nSPS) is 13.1. The summed E-state index contributed by atoms with van der Waals surface area (Å²) in [5.74, 6) is 0. The van der Waals surface area contributed by atoms with Crippen molar-refractivity contribution in [1.82, 2.24) is 0 Å². The molecule has 0 N–H and O–H groups in total. The number of unbranched alkanes of at least 4 members (excludes halogenated alkanes) is 1. The van der Waals surface area contributed by atoms with Crippen LogP contribution >= 0.6 is 0 Å². The maximum Gasteiger partial charge on any atom is 0.0704 e. The molecule has 0 saturated heterocycles. The van der Waals surface area contributed by atoms with Crippen molar-refractivity contribution in [2.45, 2.75) is 59.0 Å². The van der Waals surface area contributed by atoms with Gasteiger partial charge in [-0.25, -0.2) is 0 Å². The topological polar surface area (TPSA) is 18.5 Å². The summed E-state index contributed by atoms with van der Waals surface area (Å²) >= 11 is 0. The van der Waals surface area contributed by atoms with Gasteiger partial charge >= 0.3 is 0 Å². The third-order valence-electron chi connectivity index (χ3n) is 2.29. The van der Waals surface area contributed by atoms with Gasteiger partial charge in [0.1, 0.15) is 0 Å². The van der Waals surface area contributed by atoms with Gasteiger partial charge in [-0.05, 0) is 19.3 Å². The van der Waals surface area contributed by atoms with Crippen LogP contribution in [0.15, 0.2) is 0 Å². The van der Waals surface area contributed by atoms with Crippen LogP contribution in [0.2, 0.25) is 0 Å². The summed E-state index contributed by atoms with van der Waals surface area (Å²) in [7, 11) is 0. The third kappa shape index (κ3) is 8.52. The zero-order chi connectivity index (χ0) is 10.6. The van der Waals surface area contributed by atoms with E-state index in [1.54, 1.807) is 0 Å². The summed E-state index contributed by atoms with van der Waals surface area (Å²) in [5, 5.41) is 0. The van der Waals surface area contributed by atoms with Crippen molar-refractivity contribution in [1.29, 1.82) is 0 Å². The zero-order valence-corrected chi connectivity index (χ0v) is 10.1. The van der Waals surface area contributed by atoms with E-state index < -0.39 is 0 Å². The Kier molecular flexibility index (Phi) is 10.9. The Morgan fingerprint density at radius 1 is 0.929 bits per heavy atom. The van der Waals surface area contributed by atoms with E-state index in [0.29, 0.717) is 6.10 Å². The second kappa shape index (κ2) is 11.0. The van der Waals surface area contributed by atoms with Gasteiger partial charge in [-0.1, -0.05) is 33.6 Å². The summed E-state index contributed by atoms with van der Waals surface area (Å²) < 4.78 is 11.1. The molecule has 0 aromatic heterocycles. The van der Waals surface area contributed by atoms with Crippen LogP contribution in [0.25, 0.3) is 0 Å². The molecule has 2 nitrogen and oxygen atoms in total. The van der Waals surface area contributed by atoms with E-state index >= 15 is 0 Å². The minimum absolute atomic E-state index is 0.440. The first-order chi connectivity index (χ1) is 6.85. The molecule has 0 amide bonds. The Bertz CT molecular complexity index is 104. The summed E-state index contributed by atoms with van der Waals surface area (Å²) in [6.07, 6.45) is 6.29. The number of hydrogen-bond donors (Lipinski definition) is 0. The molecule has 0 aliphatic heterocycles. The van der Waals surface area contributed by atoms with E-state index in [1.807, 2.05) is 0 Å². The van der Waals surface area contributed by atoms with Gasteiger partial charge in [-0.2, -0.15) is 0 Å². The lowest BCUT2D eigenvalue weighted by molar-refractivity contribution is -0.000778. The maximum absolute atomic E-state index is 5.69. The second-order valence-electron chi connectivity index (χ2n) is 3.66. The molecule has 2 heteroatoms. The molecular weight excluding hydrogens is 176 g/mol. The lowest BCUT2D eigenvalue weighted by Gasteiger charge is -2.14. The summed E-state index contributed by atoms with van der Waals surface area (Å²) in [5.41, 5.74) is 0. The summed E-state index contributed by atoms with van der Waals surface area (Å²) in [6, 6.07) is 0. The standard InChI is InChI=1S/C12H26O2/c1-4-7-9-13-10-11-14-12(6-3)8-5-2/h12H,4-11H2,1-3H3. The average Bonchev–Trinajstić information content (AvgIpc) is 2.21. The second-order valence-corrected chi connectivity index (χ2v) is 3.66. The highest BCUT2D eigenvalue weighted by Crippen LogP contribution is 2.05. The molecule has 1 atom stereocenters. The predicted octanol–water partition coefficient (Wildman–Crippen LogP) is 3.40. The average molecular weight is 202 g/mol. The monoisotopic (exact) mass is 202 g/mol. The van der Waals surface area contributed by atoms with Gasteiger partial charge in [0, 0.05) is 6.61 Å². The fraction of sp³-hybridized carbons (Fsp3) is 1.00. The van der Waals surface area contributed by atoms with Gasteiger partial charge in [0.15, 0.2) is 0 Å². The number of hydrogen-bond acceptors (Lipinski definition) is 2. The fourth-order valence-corrected chi connectivity index (χ4v) is 1.35. The van der Waals surface area contributed by atoms with Gasteiger partial charge in [0.2, 0.25) is 0 Å². The number of rotatable bonds is 10. The highest BCUT2D eigenvalue weighted by molar-refractivity contribution is 4.53. The van der Waals surface area contributed by atoms with E-state index in [1.165, 1.54) is 19.3 Å². The first kappa shape index (κ1) is 13.9. The van der Waals surface area contributed by atoms with Crippen molar-refractivity contribution in [2.24, 2.45) is 0 Å². The summed E-state index contributed by atoms with van der Waals surface area (Å²) in [6.45, 7) is 8.93. The molecule has 0 spiro atoms. The molecule has 0 aromatic carbocycles. The molecule has 14 heavy (non-hydrogen) atoms. The molecule has 0 aromatic rings. The molecule has 0 heterocycles. The lowest BCUT2D eigenvalue weighted by atomic mass is 10.2. The van der Waals surface area contributed by atoms with Crippen molar-refractivity contribution in [2.75, 3.05) is 19.8 Å². The Hall–Kier alpha value is -0.0800. The van der Waals surface area contributed by atoms with E-state index in [4.69, 9.17) is 9.47 Å². The van der Waals surface area contributed by atoms with Crippen LogP contribution in [0, 0.1) is 0 Å². The smallest absolute Gasteiger partial charge is 0.0704 e. The van der Waals surface area contributed by atoms with Crippen molar-refractivity contribution < 1.29 is 9.47 Å². The van der Waals surface area contributed by atoms with Crippen molar-refractivity contribution in [3.63, 3.8) is 0 Å². The summed E-state index contributed by atoms with van der Waals surface area (Å²) in [4.78, 5) is 0. The van der Waals surface area contributed by atoms with E-state index in [-0.39, 0.29) is 0 Å². The minimum Gasteiger partial charge on any atom is -0.379 e. The number of ether oxygens (including phenoxy) is 2. The predicted molar refractivity (Wildman–Crippen MR) is 60.7 cm³/mol. The van der Waals surface area contributed by atoms with Crippen LogP contribution in [0.4, 0.5) is 0 Å². The van der Waals surface area contributed by atoms with Crippen LogP contribution in [0.5, 0.6) is 0 Å². The van der Waals surface area contributed by atoms with Crippen LogP contribution in [-0.4, -0.2) is 25.9 Å². The minimum atomic E-state index is 0.440. The van der Waals surface area contributed by atoms with Crippen LogP contribution in [0.3, 0.4) is 0 Å². The largest absolute Gasteiger partial charge is 0.379 e. The van der Waals surface area contributed by atoms with Crippen LogP contribution in [-0.2, 0) is 9.47 Å². The van der Waals surface area contributed by atoms with E-state index in [2.05, 4.69) is 20.8 Å². The van der Waals surface area contributed by atoms with Gasteiger partial charge < -0.3 is 9.47 Å². The first-order valence-corrected chi connectivity index (χ1v) is 6.04. The Morgan fingerprint density at radius 3 is 2.29 bits per heavy atom. The SMILES string of the molecule is CCCCOCCOC(CC)CCC. The van der Waals surface area contributed by atoms with Gasteiger partial charge in [-0.15, -0.1) is 0 Å². The van der Waals surface area contributed by atoms with Gasteiger partial charge in [0.05, 0.1) is 19.3 Å². The Morgan fingerprint density at radius 2 is 1.71 bits per heavy atom. The van der Waals surface area contributed by atoms with Crippen LogP contribution < -0.4 is 0 Å². The van der Waals surface area contributed by atoms with Crippen molar-refractivity contribution >= 4 is 0 Å². The highest BCUT2D eigenvalue weighted by atomic mass is 16.5. The first-order valence-electron chi connectivity index (χ1n) is 6.04. The van der Waals surface area contributed by atoms with Gasteiger partial charge in [0.25, 0.3) is 0 Å². The fourth-order valence-electron chi connectivity index (χ4n) is 1.35. The third-order valence-corrected chi connectivity index (χ3v) is 2.29. The van der Waals surface area contributed by atoms with Crippen molar-refractivity contribution in [3.05, 3.63) is 0 Å². The van der Waals surface area contributed by atoms with Crippen molar-refractivity contribution in [3.8, 4) is 0 Å². The molecule has 1 unspecified atom stereocenters. The molecule has 0 aliphatic carbocycles. The molecule has 86 valence electrons. The quantitative estimate of drug-likeness (QED) is 0.505. The zero-order valence-electron chi connectivity index (χ0n) is 10.1. The lowest BCUT2D eigenvalue weighted by Crippen LogP contribution is -2.15. The molecule has 0 bridgehead atoms. The molecule has 0 aliphatic rings. The molecule has 0 rings (SSSR count). The Balaban J connectivity index is 3.15. The highest BCUT2D eigenvalue weighted by Gasteiger charge is 2.03. The molecule has 0 fully saturated rings. The van der Waals surface area contributed by atoms with E-state index in [9.17, 15) is 0 Å². The van der Waals surface area contributed by atoms with E-state index in [0.717, 1.165) is 32.7 Å². The Labute approximate surface area is 89.0 Å².